The molecule has 0 radical (unpaired) electrons. The number of hydrogen-bond acceptors (Lipinski definition) is 6. The van der Waals surface area contributed by atoms with Crippen LogP contribution in [0.5, 0.6) is 0 Å². The van der Waals surface area contributed by atoms with E-state index in [9.17, 15) is 40.7 Å². The first-order valence-corrected chi connectivity index (χ1v) is 9.72. The van der Waals surface area contributed by atoms with Gasteiger partial charge in [-0.05, 0) is 48.0 Å². The molecule has 0 spiro atoms. The standard InChI is InChI=1S/C19H30F6N2O6/c1-16(2,3)32-9-11(14(29)31-7)26-13(28)10(27-15(30)33-17(4,5)6)8-12(18(20,21)22)19(23,24)25/h10-12H,8-9H2,1-7H3,(H,26,28)(H,27,30)/t10-,11-/m0/s1. The number of nitrogens with one attached hydrogen (secondary N) is 2. The van der Waals surface area contributed by atoms with Crippen LogP contribution >= 0.6 is 0 Å². The fourth-order valence-corrected chi connectivity index (χ4v) is 2.29. The lowest BCUT2D eigenvalue weighted by Gasteiger charge is -2.29. The highest BCUT2D eigenvalue weighted by molar-refractivity contribution is 5.89. The summed E-state index contributed by atoms with van der Waals surface area (Å²) in [7, 11) is 0.957. The summed E-state index contributed by atoms with van der Waals surface area (Å²) in [5, 5.41) is 3.69. The molecule has 8 nitrogen and oxygen atoms in total. The zero-order valence-electron chi connectivity index (χ0n) is 19.4. The van der Waals surface area contributed by atoms with Gasteiger partial charge in [0, 0.05) is 0 Å². The van der Waals surface area contributed by atoms with Crippen LogP contribution in [-0.2, 0) is 23.8 Å². The van der Waals surface area contributed by atoms with E-state index in [0.717, 1.165) is 7.11 Å². The molecule has 0 aromatic heterocycles. The summed E-state index contributed by atoms with van der Waals surface area (Å²) in [6.07, 6.45) is -14.8. The Balaban J connectivity index is 5.89. The molecule has 194 valence electrons. The van der Waals surface area contributed by atoms with Crippen LogP contribution < -0.4 is 10.6 Å². The maximum Gasteiger partial charge on any atom is 0.408 e. The number of ether oxygens (including phenoxy) is 3. The van der Waals surface area contributed by atoms with Gasteiger partial charge in [-0.2, -0.15) is 26.3 Å². The Morgan fingerprint density at radius 1 is 0.788 bits per heavy atom. The zero-order chi connectivity index (χ0) is 26.4. The number of halogens is 6. The molecule has 2 N–H and O–H groups in total. The van der Waals surface area contributed by atoms with E-state index in [2.05, 4.69) is 4.74 Å². The fraction of sp³-hybridized carbons (Fsp3) is 0.842. The average molecular weight is 496 g/mol. The fourth-order valence-electron chi connectivity index (χ4n) is 2.29. The molecular formula is C19H30F6N2O6. The second-order valence-electron chi connectivity index (χ2n) is 9.08. The molecule has 0 aliphatic carbocycles. The molecule has 0 fully saturated rings. The number of alkyl halides is 6. The Kier molecular flexibility index (Phi) is 10.5. The summed E-state index contributed by atoms with van der Waals surface area (Å²) in [5.74, 6) is -6.49. The largest absolute Gasteiger partial charge is 0.467 e. The van der Waals surface area contributed by atoms with Crippen LogP contribution in [0.4, 0.5) is 31.1 Å². The van der Waals surface area contributed by atoms with Crippen LogP contribution in [0.15, 0.2) is 0 Å². The monoisotopic (exact) mass is 496 g/mol. The summed E-state index contributed by atoms with van der Waals surface area (Å²) in [5.41, 5.74) is -1.96. The Hall–Kier alpha value is -2.25. The second kappa shape index (κ2) is 11.3. The summed E-state index contributed by atoms with van der Waals surface area (Å²) in [6.45, 7) is 8.50. The maximum atomic E-state index is 13.1. The SMILES string of the molecule is COC(=O)[C@H](COC(C)(C)C)NC(=O)[C@H](CC(C(F)(F)F)C(F)(F)F)NC(=O)OC(C)(C)C. The lowest BCUT2D eigenvalue weighted by Crippen LogP contribution is -2.56. The second-order valence-corrected chi connectivity index (χ2v) is 9.08. The lowest BCUT2D eigenvalue weighted by atomic mass is 9.97. The van der Waals surface area contributed by atoms with Gasteiger partial charge in [-0.15, -0.1) is 0 Å². The minimum Gasteiger partial charge on any atom is -0.467 e. The van der Waals surface area contributed by atoms with Crippen molar-refractivity contribution >= 4 is 18.0 Å². The quantitative estimate of drug-likeness (QED) is 0.394. The van der Waals surface area contributed by atoms with Gasteiger partial charge in [-0.3, -0.25) is 4.79 Å². The normalized spacial score (nSPS) is 15.0. The first kappa shape index (κ1) is 30.8. The van der Waals surface area contributed by atoms with Gasteiger partial charge >= 0.3 is 24.4 Å². The molecular weight excluding hydrogens is 466 g/mol. The van der Waals surface area contributed by atoms with Crippen LogP contribution in [0.25, 0.3) is 0 Å². The van der Waals surface area contributed by atoms with Crippen molar-refractivity contribution in [3.05, 3.63) is 0 Å². The molecule has 0 rings (SSSR count). The van der Waals surface area contributed by atoms with Crippen LogP contribution in [0.1, 0.15) is 48.0 Å². The van der Waals surface area contributed by atoms with Gasteiger partial charge in [0.15, 0.2) is 12.0 Å². The molecule has 2 atom stereocenters. The molecule has 0 unspecified atom stereocenters. The van der Waals surface area contributed by atoms with Crippen LogP contribution in [-0.4, -0.2) is 67.3 Å². The third-order valence-corrected chi connectivity index (χ3v) is 3.75. The van der Waals surface area contributed by atoms with E-state index in [-0.39, 0.29) is 0 Å². The number of hydrogen-bond donors (Lipinski definition) is 2. The van der Waals surface area contributed by atoms with E-state index in [1.807, 2.05) is 5.32 Å². The number of carbonyl (C=O) groups is 3. The number of methoxy groups -OCH3 is 1. The number of carbonyl (C=O) groups excluding carboxylic acids is 3. The topological polar surface area (TPSA) is 103 Å². The molecule has 0 saturated carbocycles. The Labute approximate surface area is 187 Å². The van der Waals surface area contributed by atoms with Gasteiger partial charge in [0.2, 0.25) is 5.91 Å². The van der Waals surface area contributed by atoms with E-state index in [4.69, 9.17) is 9.47 Å². The van der Waals surface area contributed by atoms with E-state index in [0.29, 0.717) is 0 Å². The molecule has 0 bridgehead atoms. The highest BCUT2D eigenvalue weighted by Gasteiger charge is 2.57. The van der Waals surface area contributed by atoms with Gasteiger partial charge in [-0.1, -0.05) is 0 Å². The molecule has 0 aliphatic rings. The third-order valence-electron chi connectivity index (χ3n) is 3.75. The van der Waals surface area contributed by atoms with Crippen LogP contribution in [0.3, 0.4) is 0 Å². The van der Waals surface area contributed by atoms with Crippen molar-refractivity contribution in [3.8, 4) is 0 Å². The summed E-state index contributed by atoms with van der Waals surface area (Å²) < 4.78 is 93.0. The minimum absolute atomic E-state index is 0.497. The molecule has 2 amide bonds. The van der Waals surface area contributed by atoms with Crippen molar-refractivity contribution in [2.75, 3.05) is 13.7 Å². The molecule has 0 aliphatic heterocycles. The Morgan fingerprint density at radius 3 is 1.64 bits per heavy atom. The molecule has 33 heavy (non-hydrogen) atoms. The highest BCUT2D eigenvalue weighted by Crippen LogP contribution is 2.42. The molecule has 0 heterocycles. The van der Waals surface area contributed by atoms with Crippen molar-refractivity contribution in [2.45, 2.75) is 83.6 Å². The van der Waals surface area contributed by atoms with Gasteiger partial charge in [0.05, 0.1) is 19.3 Å². The summed E-state index contributed by atoms with van der Waals surface area (Å²) in [4.78, 5) is 36.6. The highest BCUT2D eigenvalue weighted by atomic mass is 19.4. The minimum atomic E-state index is -5.76. The third kappa shape index (κ3) is 12.5. The Morgan fingerprint density at radius 2 is 1.27 bits per heavy atom. The lowest BCUT2D eigenvalue weighted by molar-refractivity contribution is -0.286. The first-order chi connectivity index (χ1) is 14.6. The van der Waals surface area contributed by atoms with Crippen molar-refractivity contribution in [2.24, 2.45) is 5.92 Å². The molecule has 0 aromatic rings. The van der Waals surface area contributed by atoms with E-state index < -0.39 is 72.6 Å². The zero-order valence-corrected chi connectivity index (χ0v) is 19.4. The van der Waals surface area contributed by atoms with Crippen LogP contribution in [0, 0.1) is 5.92 Å². The summed E-state index contributed by atoms with van der Waals surface area (Å²) in [6, 6.07) is -3.92. The van der Waals surface area contributed by atoms with Crippen molar-refractivity contribution in [1.82, 2.24) is 10.6 Å². The van der Waals surface area contributed by atoms with E-state index in [1.165, 1.54) is 20.8 Å². The smallest absolute Gasteiger partial charge is 0.408 e. The van der Waals surface area contributed by atoms with E-state index >= 15 is 0 Å². The first-order valence-electron chi connectivity index (χ1n) is 9.72. The van der Waals surface area contributed by atoms with Crippen molar-refractivity contribution in [1.29, 1.82) is 0 Å². The van der Waals surface area contributed by atoms with Gasteiger partial charge in [-0.25, -0.2) is 9.59 Å². The molecule has 0 aromatic carbocycles. The van der Waals surface area contributed by atoms with Gasteiger partial charge in [0.25, 0.3) is 0 Å². The van der Waals surface area contributed by atoms with Crippen molar-refractivity contribution in [3.63, 3.8) is 0 Å². The predicted octanol–water partition coefficient (Wildman–Crippen LogP) is 3.48. The van der Waals surface area contributed by atoms with Gasteiger partial charge in [0.1, 0.15) is 11.6 Å². The maximum absolute atomic E-state index is 13.1. The number of alkyl carbamates (subject to hydrolysis) is 1. The number of rotatable bonds is 8. The van der Waals surface area contributed by atoms with Gasteiger partial charge < -0.3 is 24.8 Å². The number of amides is 2. The van der Waals surface area contributed by atoms with Crippen molar-refractivity contribution < 1.29 is 54.9 Å². The molecule has 0 saturated heterocycles. The van der Waals surface area contributed by atoms with Crippen LogP contribution in [0.2, 0.25) is 0 Å². The van der Waals surface area contributed by atoms with E-state index in [1.54, 1.807) is 26.1 Å². The number of esters is 1. The summed E-state index contributed by atoms with van der Waals surface area (Å²) >= 11 is 0. The predicted molar refractivity (Wildman–Crippen MR) is 103 cm³/mol. The molecule has 14 heteroatoms. The Bertz CT molecular complexity index is 668. The average Bonchev–Trinajstić information content (AvgIpc) is 2.56.